The fourth-order valence-electron chi connectivity index (χ4n) is 1.36. The Morgan fingerprint density at radius 1 is 1.50 bits per heavy atom. The Balaban J connectivity index is 2.56. The summed E-state index contributed by atoms with van der Waals surface area (Å²) in [5.41, 5.74) is 2.08. The van der Waals surface area contributed by atoms with Crippen molar-refractivity contribution in [1.29, 1.82) is 0 Å². The summed E-state index contributed by atoms with van der Waals surface area (Å²) in [6.45, 7) is 3.71. The average molecular weight is 292 g/mol. The second-order valence-corrected chi connectivity index (χ2v) is 4.49. The van der Waals surface area contributed by atoms with Crippen molar-refractivity contribution < 1.29 is 9.13 Å². The monoisotopic (exact) mass is 291 g/mol. The lowest BCUT2D eigenvalue weighted by molar-refractivity contribution is 0.338. The van der Waals surface area contributed by atoms with Gasteiger partial charge < -0.3 is 10.1 Å². The fourth-order valence-corrected chi connectivity index (χ4v) is 1.48. The molecule has 1 rings (SSSR count). The molecule has 0 bridgehead atoms. The van der Waals surface area contributed by atoms with Crippen LogP contribution in [0.2, 0.25) is 0 Å². The van der Waals surface area contributed by atoms with Crippen molar-refractivity contribution in [2.24, 2.45) is 0 Å². The first-order valence-electron chi connectivity index (χ1n) is 5.74. The molecule has 0 aromatic heterocycles. The maximum Gasteiger partial charge on any atom is 0.165 e. The van der Waals surface area contributed by atoms with Crippen LogP contribution in [0.25, 0.3) is 0 Å². The van der Waals surface area contributed by atoms with Gasteiger partial charge in [-0.05, 0) is 30.7 Å². The second-order valence-electron chi connectivity index (χ2n) is 3.79. The zero-order chi connectivity index (χ0) is 13.4. The Hall–Kier alpha value is -0.770. The van der Waals surface area contributed by atoms with E-state index in [0.29, 0.717) is 11.6 Å². The van der Waals surface area contributed by atoms with E-state index in [-0.39, 0.29) is 12.4 Å². The molecule has 0 saturated heterocycles. The summed E-state index contributed by atoms with van der Waals surface area (Å²) in [5.74, 6) is -0.226. The van der Waals surface area contributed by atoms with E-state index in [1.165, 1.54) is 11.6 Å². The molecule has 0 heterocycles. The molecule has 1 aromatic rings. The second kappa shape index (κ2) is 8.35. The van der Waals surface area contributed by atoms with Crippen LogP contribution >= 0.6 is 23.2 Å². The Labute approximate surface area is 117 Å². The van der Waals surface area contributed by atoms with Gasteiger partial charge in [-0.3, -0.25) is 0 Å². The van der Waals surface area contributed by atoms with Crippen LogP contribution < -0.4 is 10.1 Å². The van der Waals surface area contributed by atoms with Crippen molar-refractivity contribution in [3.05, 3.63) is 40.1 Å². The molecule has 1 aromatic carbocycles. The van der Waals surface area contributed by atoms with Crippen LogP contribution in [-0.2, 0) is 6.54 Å². The van der Waals surface area contributed by atoms with E-state index in [9.17, 15) is 4.39 Å². The Morgan fingerprint density at radius 2 is 2.28 bits per heavy atom. The number of ether oxygens (including phenoxy) is 1. The number of halogens is 3. The van der Waals surface area contributed by atoms with E-state index >= 15 is 0 Å². The third-order valence-electron chi connectivity index (χ3n) is 2.24. The predicted molar refractivity (Wildman–Crippen MR) is 73.7 cm³/mol. The van der Waals surface area contributed by atoms with Crippen molar-refractivity contribution in [1.82, 2.24) is 5.32 Å². The maximum atomic E-state index is 13.7. The van der Waals surface area contributed by atoms with Gasteiger partial charge in [-0.15, -0.1) is 0 Å². The molecular formula is C13H16Cl2FNO. The van der Waals surface area contributed by atoms with Crippen LogP contribution in [0.3, 0.4) is 0 Å². The molecule has 18 heavy (non-hydrogen) atoms. The van der Waals surface area contributed by atoms with Gasteiger partial charge in [-0.2, -0.15) is 0 Å². The highest BCUT2D eigenvalue weighted by Gasteiger charge is 2.05. The van der Waals surface area contributed by atoms with Crippen molar-refractivity contribution >= 4 is 23.2 Å². The molecule has 0 aliphatic heterocycles. The van der Waals surface area contributed by atoms with Crippen molar-refractivity contribution in [2.75, 3.05) is 13.2 Å². The summed E-state index contributed by atoms with van der Waals surface area (Å²) in [5, 5.41) is 3.53. The quantitative estimate of drug-likeness (QED) is 0.766. The third kappa shape index (κ3) is 5.25. The first-order valence-corrected chi connectivity index (χ1v) is 6.55. The van der Waals surface area contributed by atoms with Gasteiger partial charge in [-0.25, -0.2) is 4.39 Å². The minimum atomic E-state index is -0.398. The number of nitrogens with one attached hydrogen (secondary N) is 1. The maximum absolute atomic E-state index is 13.7. The van der Waals surface area contributed by atoms with Gasteiger partial charge >= 0.3 is 0 Å². The summed E-state index contributed by atoms with van der Waals surface area (Å²) in [4.78, 5) is 0. The summed E-state index contributed by atoms with van der Waals surface area (Å²) in [6.07, 6.45) is 1.05. The summed E-state index contributed by atoms with van der Waals surface area (Å²) >= 11 is 11.0. The van der Waals surface area contributed by atoms with Gasteiger partial charge in [0.05, 0.1) is 5.03 Å². The molecule has 0 atom stereocenters. The van der Waals surface area contributed by atoms with Gasteiger partial charge in [0.1, 0.15) is 6.61 Å². The highest BCUT2D eigenvalue weighted by atomic mass is 35.5. The molecule has 0 fully saturated rings. The normalized spacial score (nSPS) is 11.7. The molecule has 0 amide bonds. The topological polar surface area (TPSA) is 21.3 Å². The molecule has 5 heteroatoms. The first-order chi connectivity index (χ1) is 8.67. The lowest BCUT2D eigenvalue weighted by Gasteiger charge is -2.08. The van der Waals surface area contributed by atoms with Crippen molar-refractivity contribution in [2.45, 2.75) is 19.9 Å². The smallest absolute Gasteiger partial charge is 0.165 e. The Bertz CT molecular complexity index is 410. The minimum absolute atomic E-state index is 0.0649. The fraction of sp³-hybridized carbons (Fsp3) is 0.385. The third-order valence-corrected chi connectivity index (χ3v) is 2.83. The molecule has 0 aliphatic rings. The van der Waals surface area contributed by atoms with E-state index < -0.39 is 5.82 Å². The van der Waals surface area contributed by atoms with Crippen LogP contribution in [-0.4, -0.2) is 13.2 Å². The lowest BCUT2D eigenvalue weighted by Crippen LogP contribution is -2.13. The molecule has 0 unspecified atom stereocenters. The molecular weight excluding hydrogens is 276 g/mol. The molecule has 1 N–H and O–H groups in total. The highest BCUT2D eigenvalue weighted by Crippen LogP contribution is 2.19. The van der Waals surface area contributed by atoms with Gasteiger partial charge in [0.2, 0.25) is 0 Å². The van der Waals surface area contributed by atoms with Crippen LogP contribution in [0.15, 0.2) is 28.8 Å². The molecule has 100 valence electrons. The van der Waals surface area contributed by atoms with E-state index in [0.717, 1.165) is 18.5 Å². The van der Waals surface area contributed by atoms with Crippen LogP contribution in [0.1, 0.15) is 18.9 Å². The average Bonchev–Trinajstić information content (AvgIpc) is 2.37. The molecule has 2 nitrogen and oxygen atoms in total. The van der Waals surface area contributed by atoms with E-state index in [1.54, 1.807) is 6.07 Å². The van der Waals surface area contributed by atoms with Gasteiger partial charge in [0.15, 0.2) is 11.6 Å². The van der Waals surface area contributed by atoms with Gasteiger partial charge in [0, 0.05) is 12.1 Å². The first kappa shape index (κ1) is 15.3. The zero-order valence-corrected chi connectivity index (χ0v) is 11.7. The van der Waals surface area contributed by atoms with E-state index in [4.69, 9.17) is 27.9 Å². The highest BCUT2D eigenvalue weighted by molar-refractivity contribution is 6.36. The van der Waals surface area contributed by atoms with Crippen LogP contribution in [0, 0.1) is 5.82 Å². The van der Waals surface area contributed by atoms with Crippen LogP contribution in [0.4, 0.5) is 4.39 Å². The Morgan fingerprint density at radius 3 is 2.89 bits per heavy atom. The number of rotatable bonds is 7. The molecule has 0 radical (unpaired) electrons. The summed E-state index contributed by atoms with van der Waals surface area (Å²) < 4.78 is 18.9. The lowest BCUT2D eigenvalue weighted by atomic mass is 10.2. The van der Waals surface area contributed by atoms with Crippen LogP contribution in [0.5, 0.6) is 5.75 Å². The van der Waals surface area contributed by atoms with Gasteiger partial charge in [-0.1, -0.05) is 36.2 Å². The predicted octanol–water partition coefficient (Wildman–Crippen LogP) is 4.02. The molecule has 0 spiro atoms. The van der Waals surface area contributed by atoms with E-state index in [2.05, 4.69) is 12.2 Å². The van der Waals surface area contributed by atoms with Crippen molar-refractivity contribution in [3.8, 4) is 5.75 Å². The summed E-state index contributed by atoms with van der Waals surface area (Å²) in [7, 11) is 0. The largest absolute Gasteiger partial charge is 0.485 e. The van der Waals surface area contributed by atoms with Crippen molar-refractivity contribution in [3.63, 3.8) is 0 Å². The SMILES string of the molecule is CCCNCc1ccc(OC/C(Cl)=C/Cl)c(F)c1. The summed E-state index contributed by atoms with van der Waals surface area (Å²) in [6, 6.07) is 4.87. The Kier molecular flexibility index (Phi) is 7.09. The van der Waals surface area contributed by atoms with E-state index in [1.807, 2.05) is 6.07 Å². The minimum Gasteiger partial charge on any atom is -0.485 e. The number of benzene rings is 1. The van der Waals surface area contributed by atoms with Gasteiger partial charge in [0.25, 0.3) is 0 Å². The number of hydrogen-bond acceptors (Lipinski definition) is 2. The zero-order valence-electron chi connectivity index (χ0n) is 10.2. The molecule has 0 aliphatic carbocycles. The standard InChI is InChI=1S/C13H16Cl2FNO/c1-2-5-17-8-10-3-4-13(12(16)6-10)18-9-11(15)7-14/h3-4,6-7,17H,2,5,8-9H2,1H3/b11-7-. The number of hydrogen-bond donors (Lipinski definition) is 1. The molecule has 0 saturated carbocycles.